The predicted octanol–water partition coefficient (Wildman–Crippen LogP) is 3.90. The zero-order valence-corrected chi connectivity index (χ0v) is 13.6. The topological polar surface area (TPSA) is 42.8 Å². The molecule has 20 heavy (non-hydrogen) atoms. The van der Waals surface area contributed by atoms with Crippen molar-refractivity contribution in [1.82, 2.24) is 0 Å². The van der Waals surface area contributed by atoms with Gasteiger partial charge >= 0.3 is 0 Å². The largest absolute Gasteiger partial charge is 0.495 e. The van der Waals surface area contributed by atoms with Crippen molar-refractivity contribution in [3.05, 3.63) is 17.2 Å². The molecule has 1 heterocycles. The van der Waals surface area contributed by atoms with Gasteiger partial charge in [0.05, 0.1) is 31.5 Å². The molecule has 6 heteroatoms. The van der Waals surface area contributed by atoms with E-state index >= 15 is 0 Å². The Morgan fingerprint density at radius 1 is 1.30 bits per heavy atom. The first-order valence-electron chi connectivity index (χ1n) is 6.44. The Balaban J connectivity index is 2.17. The second-order valence-corrected chi connectivity index (χ2v) is 6.49. The molecule has 1 N–H and O–H groups in total. The third-order valence-electron chi connectivity index (χ3n) is 3.14. The van der Waals surface area contributed by atoms with Crippen molar-refractivity contribution in [1.29, 1.82) is 0 Å². The van der Waals surface area contributed by atoms with E-state index in [1.165, 1.54) is 0 Å². The lowest BCUT2D eigenvalue weighted by atomic mass is 10.1. The summed E-state index contributed by atoms with van der Waals surface area (Å²) in [5.74, 6) is 1.88. The van der Waals surface area contributed by atoms with Crippen LogP contribution in [0, 0.1) is 5.92 Å². The van der Waals surface area contributed by atoms with E-state index in [9.17, 15) is 0 Å². The Labute approximate surface area is 128 Å². The zero-order valence-electron chi connectivity index (χ0n) is 12.1. The van der Waals surface area contributed by atoms with Gasteiger partial charge in [0.2, 0.25) is 0 Å². The molecule has 2 rings (SSSR count). The minimum Gasteiger partial charge on any atom is -0.495 e. The number of hydrogen-bond acceptors (Lipinski definition) is 5. The summed E-state index contributed by atoms with van der Waals surface area (Å²) in [4.78, 5) is 4.53. The van der Waals surface area contributed by atoms with Crippen LogP contribution in [0.1, 0.15) is 13.8 Å². The number of benzene rings is 1. The molecule has 1 aliphatic heterocycles. The highest BCUT2D eigenvalue weighted by Gasteiger charge is 2.23. The molecule has 1 atom stereocenters. The second-order valence-electron chi connectivity index (χ2n) is 4.86. The Hall–Kier alpha value is -1.07. The van der Waals surface area contributed by atoms with Gasteiger partial charge in [0.25, 0.3) is 0 Å². The van der Waals surface area contributed by atoms with Gasteiger partial charge in [0, 0.05) is 17.4 Å². The number of anilines is 1. The fourth-order valence-corrected chi connectivity index (χ4v) is 3.14. The highest BCUT2D eigenvalue weighted by molar-refractivity contribution is 8.15. The van der Waals surface area contributed by atoms with Crippen LogP contribution in [0.5, 0.6) is 11.5 Å². The van der Waals surface area contributed by atoms with Crippen molar-refractivity contribution < 1.29 is 9.47 Å². The molecule has 0 fully saturated rings. The van der Waals surface area contributed by atoms with Gasteiger partial charge in [-0.15, -0.1) is 0 Å². The third-order valence-corrected chi connectivity index (χ3v) is 4.88. The molecule has 0 amide bonds. The summed E-state index contributed by atoms with van der Waals surface area (Å²) >= 11 is 7.85. The average Bonchev–Trinajstić information content (AvgIpc) is 2.89. The summed E-state index contributed by atoms with van der Waals surface area (Å²) in [6, 6.07) is 3.57. The smallest absolute Gasteiger partial charge is 0.161 e. The van der Waals surface area contributed by atoms with Crippen LogP contribution >= 0.6 is 23.4 Å². The van der Waals surface area contributed by atoms with Gasteiger partial charge in [-0.25, -0.2) is 0 Å². The van der Waals surface area contributed by atoms with Gasteiger partial charge in [-0.05, 0) is 5.92 Å². The lowest BCUT2D eigenvalue weighted by Crippen LogP contribution is -2.13. The number of amidine groups is 1. The van der Waals surface area contributed by atoms with Crippen LogP contribution in [0.2, 0.25) is 5.02 Å². The number of rotatable bonds is 4. The Bertz CT molecular complexity index is 520. The number of aliphatic imine (C=N–C) groups is 1. The van der Waals surface area contributed by atoms with Gasteiger partial charge in [0.15, 0.2) is 5.17 Å². The maximum absolute atomic E-state index is 6.09. The fraction of sp³-hybridized carbons (Fsp3) is 0.500. The molecule has 110 valence electrons. The van der Waals surface area contributed by atoms with Crippen LogP contribution in [0.15, 0.2) is 17.1 Å². The van der Waals surface area contributed by atoms with E-state index in [1.807, 2.05) is 6.07 Å². The van der Waals surface area contributed by atoms with Gasteiger partial charge in [0.1, 0.15) is 11.5 Å². The maximum atomic E-state index is 6.09. The van der Waals surface area contributed by atoms with Gasteiger partial charge in [-0.1, -0.05) is 37.2 Å². The van der Waals surface area contributed by atoms with Crippen molar-refractivity contribution >= 4 is 34.2 Å². The number of nitrogens with one attached hydrogen (secondary N) is 1. The van der Waals surface area contributed by atoms with E-state index in [1.54, 1.807) is 32.0 Å². The summed E-state index contributed by atoms with van der Waals surface area (Å²) in [6.07, 6.45) is 0. The highest BCUT2D eigenvalue weighted by Crippen LogP contribution is 2.37. The van der Waals surface area contributed by atoms with E-state index in [-0.39, 0.29) is 0 Å². The first-order valence-corrected chi connectivity index (χ1v) is 7.70. The number of hydrogen-bond donors (Lipinski definition) is 1. The SMILES string of the molecule is COc1cc(NC2=NCC(C(C)C)S2)c(OC)cc1Cl. The molecular weight excluding hydrogens is 296 g/mol. The minimum absolute atomic E-state index is 0.524. The summed E-state index contributed by atoms with van der Waals surface area (Å²) in [5.41, 5.74) is 0.810. The van der Waals surface area contributed by atoms with Crippen molar-refractivity contribution in [3.8, 4) is 11.5 Å². The summed E-state index contributed by atoms with van der Waals surface area (Å²) in [5, 5.41) is 5.25. The number of thioether (sulfide) groups is 1. The molecule has 0 aromatic heterocycles. The van der Waals surface area contributed by atoms with Crippen molar-refractivity contribution in [2.75, 3.05) is 26.1 Å². The minimum atomic E-state index is 0.524. The maximum Gasteiger partial charge on any atom is 0.161 e. The van der Waals surface area contributed by atoms with Crippen molar-refractivity contribution in [3.63, 3.8) is 0 Å². The molecule has 1 aliphatic rings. The molecule has 1 aromatic carbocycles. The normalized spacial score (nSPS) is 18.1. The van der Waals surface area contributed by atoms with Crippen LogP contribution in [0.25, 0.3) is 0 Å². The lowest BCUT2D eigenvalue weighted by Gasteiger charge is -2.15. The van der Waals surface area contributed by atoms with Gasteiger partial charge in [-0.3, -0.25) is 4.99 Å². The average molecular weight is 315 g/mol. The van der Waals surface area contributed by atoms with Gasteiger partial charge in [-0.2, -0.15) is 0 Å². The lowest BCUT2D eigenvalue weighted by molar-refractivity contribution is 0.405. The predicted molar refractivity (Wildman–Crippen MR) is 86.7 cm³/mol. The van der Waals surface area contributed by atoms with Crippen LogP contribution in [0.4, 0.5) is 5.69 Å². The summed E-state index contributed by atoms with van der Waals surface area (Å²) in [6.45, 7) is 5.27. The number of methoxy groups -OCH3 is 2. The van der Waals surface area contributed by atoms with Gasteiger partial charge < -0.3 is 14.8 Å². The molecule has 0 saturated heterocycles. The van der Waals surface area contributed by atoms with Crippen molar-refractivity contribution in [2.24, 2.45) is 10.9 Å². The fourth-order valence-electron chi connectivity index (χ4n) is 1.88. The van der Waals surface area contributed by atoms with Crippen molar-refractivity contribution in [2.45, 2.75) is 19.1 Å². The molecule has 0 radical (unpaired) electrons. The van der Waals surface area contributed by atoms with Crippen LogP contribution in [0.3, 0.4) is 0 Å². The molecule has 1 aromatic rings. The Morgan fingerprint density at radius 2 is 2.00 bits per heavy atom. The Kier molecular flexibility index (Phi) is 5.05. The third kappa shape index (κ3) is 3.33. The molecule has 0 aliphatic carbocycles. The number of ether oxygens (including phenoxy) is 2. The Morgan fingerprint density at radius 3 is 2.55 bits per heavy atom. The van der Waals surface area contributed by atoms with E-state index in [0.717, 1.165) is 17.4 Å². The molecular formula is C14H19ClN2O2S. The molecule has 0 saturated carbocycles. The van der Waals surface area contributed by atoms with E-state index in [4.69, 9.17) is 21.1 Å². The first-order chi connectivity index (χ1) is 9.55. The molecule has 0 bridgehead atoms. The molecule has 4 nitrogen and oxygen atoms in total. The van der Waals surface area contributed by atoms with Crippen LogP contribution in [-0.4, -0.2) is 31.2 Å². The molecule has 1 unspecified atom stereocenters. The standard InChI is InChI=1S/C14H19ClN2O2S/c1-8(2)13-7-16-14(20-13)17-10-6-11(18-3)9(15)5-12(10)19-4/h5-6,8,13H,7H2,1-4H3,(H,16,17). The summed E-state index contributed by atoms with van der Waals surface area (Å²) in [7, 11) is 3.21. The molecule has 0 spiro atoms. The quantitative estimate of drug-likeness (QED) is 0.915. The number of halogens is 1. The first kappa shape index (κ1) is 15.3. The van der Waals surface area contributed by atoms with E-state index in [0.29, 0.717) is 27.7 Å². The van der Waals surface area contributed by atoms with E-state index < -0.39 is 0 Å². The second kappa shape index (κ2) is 6.59. The number of nitrogens with zero attached hydrogens (tertiary/aromatic N) is 1. The monoisotopic (exact) mass is 314 g/mol. The van der Waals surface area contributed by atoms with Crippen LogP contribution in [-0.2, 0) is 0 Å². The van der Waals surface area contributed by atoms with Crippen LogP contribution < -0.4 is 14.8 Å². The van der Waals surface area contributed by atoms with E-state index in [2.05, 4.69) is 24.2 Å². The summed E-state index contributed by atoms with van der Waals surface area (Å²) < 4.78 is 10.6. The highest BCUT2D eigenvalue weighted by atomic mass is 35.5. The zero-order chi connectivity index (χ0) is 14.7.